The second-order valence-electron chi connectivity index (χ2n) is 7.22. The van der Waals surface area contributed by atoms with E-state index < -0.39 is 10.0 Å². The number of hydrogen-bond donors (Lipinski definition) is 1. The minimum absolute atomic E-state index is 0.0788. The lowest BCUT2D eigenvalue weighted by Crippen LogP contribution is -2.36. The molecule has 1 atom stereocenters. The molecular weight excluding hydrogens is 442 g/mol. The van der Waals surface area contributed by atoms with E-state index in [1.165, 1.54) is 27.4 Å². The molecule has 1 unspecified atom stereocenters. The summed E-state index contributed by atoms with van der Waals surface area (Å²) in [5.74, 6) is -0.364. The highest BCUT2D eigenvalue weighted by Gasteiger charge is 2.27. The van der Waals surface area contributed by atoms with Gasteiger partial charge in [-0.15, -0.1) is 11.3 Å². The van der Waals surface area contributed by atoms with Crippen molar-refractivity contribution < 1.29 is 13.2 Å². The molecule has 0 spiro atoms. The Morgan fingerprint density at radius 2 is 1.93 bits per heavy atom. The van der Waals surface area contributed by atoms with Gasteiger partial charge in [0, 0.05) is 24.5 Å². The smallest absolute Gasteiger partial charge is 0.252 e. The SMILES string of the molecule is CCN(CC)S(=O)(=O)c1ccc(Cl)c(C(=O)NCC(c2cccs2)N2CCCC2)c1. The molecule has 6 nitrogen and oxygen atoms in total. The molecule has 1 N–H and O–H groups in total. The van der Waals surface area contributed by atoms with Crippen LogP contribution in [0.15, 0.2) is 40.6 Å². The number of sulfonamides is 1. The van der Waals surface area contributed by atoms with Gasteiger partial charge in [0.25, 0.3) is 5.91 Å². The summed E-state index contributed by atoms with van der Waals surface area (Å²) in [5.41, 5.74) is 0.177. The number of carbonyl (C=O) groups excluding carboxylic acids is 1. The number of halogens is 1. The van der Waals surface area contributed by atoms with E-state index in [1.807, 2.05) is 11.4 Å². The van der Waals surface area contributed by atoms with E-state index in [4.69, 9.17) is 11.6 Å². The Kier molecular flexibility index (Phi) is 7.92. The van der Waals surface area contributed by atoms with Gasteiger partial charge in [-0.2, -0.15) is 4.31 Å². The van der Waals surface area contributed by atoms with E-state index in [2.05, 4.69) is 16.3 Å². The van der Waals surface area contributed by atoms with Crippen LogP contribution < -0.4 is 5.32 Å². The first-order valence-corrected chi connectivity index (χ1v) is 12.9. The Morgan fingerprint density at radius 1 is 1.23 bits per heavy atom. The fraction of sp³-hybridized carbons (Fsp3) is 0.476. The fourth-order valence-corrected chi connectivity index (χ4v) is 6.33. The van der Waals surface area contributed by atoms with Crippen LogP contribution in [0.2, 0.25) is 5.02 Å². The van der Waals surface area contributed by atoms with E-state index in [1.54, 1.807) is 25.2 Å². The van der Waals surface area contributed by atoms with E-state index in [0.717, 1.165) is 25.9 Å². The first-order valence-electron chi connectivity index (χ1n) is 10.2. The van der Waals surface area contributed by atoms with Crippen molar-refractivity contribution in [3.8, 4) is 0 Å². The summed E-state index contributed by atoms with van der Waals surface area (Å²) >= 11 is 7.93. The average molecular weight is 470 g/mol. The molecule has 1 aromatic carbocycles. The van der Waals surface area contributed by atoms with Crippen LogP contribution in [-0.2, 0) is 10.0 Å². The van der Waals surface area contributed by atoms with Crippen LogP contribution in [0.1, 0.15) is 48.0 Å². The molecular formula is C21H28ClN3O3S2. The molecule has 2 heterocycles. The third-order valence-electron chi connectivity index (χ3n) is 5.43. The Morgan fingerprint density at radius 3 is 2.53 bits per heavy atom. The second-order valence-corrected chi connectivity index (χ2v) is 10.5. The number of nitrogens with one attached hydrogen (secondary N) is 1. The van der Waals surface area contributed by atoms with Crippen LogP contribution >= 0.6 is 22.9 Å². The summed E-state index contributed by atoms with van der Waals surface area (Å²) < 4.78 is 27.0. The molecule has 0 saturated carbocycles. The predicted molar refractivity (Wildman–Crippen MR) is 122 cm³/mol. The van der Waals surface area contributed by atoms with Gasteiger partial charge in [-0.3, -0.25) is 9.69 Å². The number of thiophene rings is 1. The first-order chi connectivity index (χ1) is 14.4. The van der Waals surface area contributed by atoms with Crippen molar-refractivity contribution in [1.82, 2.24) is 14.5 Å². The van der Waals surface area contributed by atoms with Crippen molar-refractivity contribution in [1.29, 1.82) is 0 Å². The second kappa shape index (κ2) is 10.2. The van der Waals surface area contributed by atoms with Crippen molar-refractivity contribution in [3.63, 3.8) is 0 Å². The molecule has 30 heavy (non-hydrogen) atoms. The van der Waals surface area contributed by atoms with E-state index >= 15 is 0 Å². The molecule has 1 aromatic heterocycles. The zero-order valence-electron chi connectivity index (χ0n) is 17.3. The lowest BCUT2D eigenvalue weighted by molar-refractivity contribution is 0.0938. The van der Waals surface area contributed by atoms with Crippen LogP contribution in [0.25, 0.3) is 0 Å². The number of hydrogen-bond acceptors (Lipinski definition) is 5. The molecule has 1 saturated heterocycles. The van der Waals surface area contributed by atoms with Gasteiger partial charge in [0.1, 0.15) is 0 Å². The first kappa shape index (κ1) is 23.2. The number of amides is 1. The lowest BCUT2D eigenvalue weighted by atomic mass is 10.1. The molecule has 3 rings (SSSR count). The summed E-state index contributed by atoms with van der Waals surface area (Å²) in [6.07, 6.45) is 2.32. The summed E-state index contributed by atoms with van der Waals surface area (Å²) in [6.45, 7) is 6.76. The predicted octanol–water partition coefficient (Wildman–Crippen LogP) is 4.00. The topological polar surface area (TPSA) is 69.7 Å². The maximum absolute atomic E-state index is 12.9. The molecule has 0 radical (unpaired) electrons. The quantitative estimate of drug-likeness (QED) is 0.602. The highest BCUT2D eigenvalue weighted by molar-refractivity contribution is 7.89. The standard InChI is InChI=1S/C21H28ClN3O3S2/c1-3-25(4-2)30(27,28)16-9-10-18(22)17(14-16)21(26)23-15-19(20-8-7-13-29-20)24-11-5-6-12-24/h7-10,13-14,19H,3-6,11-12,15H2,1-2H3,(H,23,26). The molecule has 1 aliphatic rings. The Labute approximate surface area is 187 Å². The van der Waals surface area contributed by atoms with Gasteiger partial charge in [-0.25, -0.2) is 8.42 Å². The summed E-state index contributed by atoms with van der Waals surface area (Å²) in [6, 6.07) is 8.52. The van der Waals surface area contributed by atoms with Gasteiger partial charge in [-0.1, -0.05) is 31.5 Å². The monoisotopic (exact) mass is 469 g/mol. The molecule has 9 heteroatoms. The Bertz CT molecular complexity index is 954. The molecule has 1 aliphatic heterocycles. The molecule has 1 fully saturated rings. The van der Waals surface area contributed by atoms with Crippen molar-refractivity contribution in [2.45, 2.75) is 37.6 Å². The summed E-state index contributed by atoms with van der Waals surface area (Å²) in [4.78, 5) is 16.6. The maximum Gasteiger partial charge on any atom is 0.252 e. The zero-order chi connectivity index (χ0) is 21.7. The van der Waals surface area contributed by atoms with Gasteiger partial charge in [0.15, 0.2) is 0 Å². The highest BCUT2D eigenvalue weighted by Crippen LogP contribution is 2.28. The number of nitrogens with zero attached hydrogens (tertiary/aromatic N) is 2. The van der Waals surface area contributed by atoms with Crippen molar-refractivity contribution in [3.05, 3.63) is 51.2 Å². The molecule has 1 amide bonds. The largest absolute Gasteiger partial charge is 0.350 e. The third-order valence-corrected chi connectivity index (χ3v) is 8.78. The minimum Gasteiger partial charge on any atom is -0.350 e. The van der Waals surface area contributed by atoms with E-state index in [-0.39, 0.29) is 27.4 Å². The summed E-state index contributed by atoms with van der Waals surface area (Å²) in [5, 5.41) is 5.25. The molecule has 2 aromatic rings. The van der Waals surface area contributed by atoms with Gasteiger partial charge >= 0.3 is 0 Å². The highest BCUT2D eigenvalue weighted by atomic mass is 35.5. The van der Waals surface area contributed by atoms with Gasteiger partial charge in [0.2, 0.25) is 10.0 Å². The van der Waals surface area contributed by atoms with Crippen LogP contribution in [0.5, 0.6) is 0 Å². The lowest BCUT2D eigenvalue weighted by Gasteiger charge is -2.27. The van der Waals surface area contributed by atoms with Crippen LogP contribution in [0, 0.1) is 0 Å². The van der Waals surface area contributed by atoms with Crippen LogP contribution in [0.3, 0.4) is 0 Å². The Balaban J connectivity index is 1.79. The van der Waals surface area contributed by atoms with Gasteiger partial charge < -0.3 is 5.32 Å². The van der Waals surface area contributed by atoms with Crippen molar-refractivity contribution in [2.75, 3.05) is 32.7 Å². The van der Waals surface area contributed by atoms with Crippen molar-refractivity contribution >= 4 is 38.9 Å². The summed E-state index contributed by atoms with van der Waals surface area (Å²) in [7, 11) is -3.67. The third kappa shape index (κ3) is 5.06. The molecule has 0 bridgehead atoms. The normalized spacial score (nSPS) is 16.1. The van der Waals surface area contributed by atoms with Gasteiger partial charge in [-0.05, 0) is 55.6 Å². The van der Waals surface area contributed by atoms with Crippen LogP contribution in [0.4, 0.5) is 0 Å². The van der Waals surface area contributed by atoms with Gasteiger partial charge in [0.05, 0.1) is 21.5 Å². The average Bonchev–Trinajstić information content (AvgIpc) is 3.44. The number of likely N-dealkylation sites (tertiary alicyclic amines) is 1. The van der Waals surface area contributed by atoms with E-state index in [0.29, 0.717) is 19.6 Å². The van der Waals surface area contributed by atoms with Crippen molar-refractivity contribution in [2.24, 2.45) is 0 Å². The minimum atomic E-state index is -3.67. The fourth-order valence-electron chi connectivity index (χ4n) is 3.78. The van der Waals surface area contributed by atoms with Crippen LogP contribution in [-0.4, -0.2) is 56.3 Å². The number of benzene rings is 1. The van der Waals surface area contributed by atoms with E-state index in [9.17, 15) is 13.2 Å². The maximum atomic E-state index is 12.9. The Hall–Kier alpha value is -1.45. The molecule has 164 valence electrons. The molecule has 0 aliphatic carbocycles. The number of rotatable bonds is 9. The zero-order valence-corrected chi connectivity index (χ0v) is 19.7. The number of carbonyl (C=O) groups is 1.